The number of aryl methyl sites for hydroxylation is 1. The predicted molar refractivity (Wildman–Crippen MR) is 112 cm³/mol. The molecule has 0 saturated carbocycles. The van der Waals surface area contributed by atoms with Gasteiger partial charge in [0.15, 0.2) is 0 Å². The molecule has 3 aromatic rings. The summed E-state index contributed by atoms with van der Waals surface area (Å²) in [5.41, 5.74) is 1.25. The minimum atomic E-state index is -4.59. The van der Waals surface area contributed by atoms with Gasteiger partial charge in [-0.1, -0.05) is 24.6 Å². The summed E-state index contributed by atoms with van der Waals surface area (Å²) >= 11 is 0. The van der Waals surface area contributed by atoms with Crippen LogP contribution >= 0.6 is 0 Å². The number of ether oxygens (including phenoxy) is 1. The summed E-state index contributed by atoms with van der Waals surface area (Å²) in [6.45, 7) is 5.90. The summed E-state index contributed by atoms with van der Waals surface area (Å²) in [7, 11) is 0. The van der Waals surface area contributed by atoms with Gasteiger partial charge in [-0.15, -0.1) is 0 Å². The number of alkyl halides is 3. The Morgan fingerprint density at radius 3 is 2.17 bits per heavy atom. The molecular weight excluding hydrogens is 393 g/mol. The number of rotatable bonds is 7. The Balaban J connectivity index is 1.84. The minimum absolute atomic E-state index is 0.0536. The van der Waals surface area contributed by atoms with Gasteiger partial charge in [-0.05, 0) is 56.7 Å². The number of aromatic nitrogens is 2. The fourth-order valence-corrected chi connectivity index (χ4v) is 2.58. The first kappa shape index (κ1) is 21.4. The highest BCUT2D eigenvalue weighted by Gasteiger charge is 2.35. The first-order chi connectivity index (χ1) is 14.2. The van der Waals surface area contributed by atoms with Crippen LogP contribution in [0.5, 0.6) is 5.75 Å². The Morgan fingerprint density at radius 1 is 0.967 bits per heavy atom. The van der Waals surface area contributed by atoms with Crippen LogP contribution in [0.3, 0.4) is 0 Å². The molecule has 0 radical (unpaired) electrons. The monoisotopic (exact) mass is 416 g/mol. The highest BCUT2D eigenvalue weighted by Crippen LogP contribution is 2.35. The van der Waals surface area contributed by atoms with E-state index in [-0.39, 0.29) is 17.9 Å². The van der Waals surface area contributed by atoms with E-state index < -0.39 is 11.7 Å². The third kappa shape index (κ3) is 5.62. The highest BCUT2D eigenvalue weighted by molar-refractivity contribution is 5.63. The van der Waals surface area contributed by atoms with E-state index in [9.17, 15) is 13.2 Å². The number of nitrogens with one attached hydrogen (secondary N) is 2. The van der Waals surface area contributed by atoms with Gasteiger partial charge in [0.25, 0.3) is 0 Å². The molecule has 1 unspecified atom stereocenters. The lowest BCUT2D eigenvalue weighted by atomic mass is 10.2. The summed E-state index contributed by atoms with van der Waals surface area (Å²) in [6, 6.07) is 14.1. The van der Waals surface area contributed by atoms with E-state index in [0.717, 1.165) is 18.2 Å². The van der Waals surface area contributed by atoms with Crippen molar-refractivity contribution in [1.29, 1.82) is 0 Å². The zero-order chi connectivity index (χ0) is 21.7. The van der Waals surface area contributed by atoms with Crippen molar-refractivity contribution >= 4 is 23.1 Å². The molecule has 0 aliphatic rings. The predicted octanol–water partition coefficient (Wildman–Crippen LogP) is 6.47. The van der Waals surface area contributed by atoms with Crippen molar-refractivity contribution in [2.24, 2.45) is 0 Å². The van der Waals surface area contributed by atoms with Gasteiger partial charge in [-0.3, -0.25) is 0 Å². The standard InChI is InChI=1S/C22H23F3N4O/c1-4-15(3)30-18-11-9-16(10-12-18)27-20-19(22(23,24)25)13-26-21(29-20)28-17-7-5-14(2)6-8-17/h5-13,15H,4H2,1-3H3,(H2,26,27,28,29). The quantitative estimate of drug-likeness (QED) is 0.462. The van der Waals surface area contributed by atoms with Crippen LogP contribution in [0.4, 0.5) is 36.3 Å². The summed E-state index contributed by atoms with van der Waals surface area (Å²) in [5.74, 6) is 0.379. The fraction of sp³-hybridized carbons (Fsp3) is 0.273. The lowest BCUT2D eigenvalue weighted by Crippen LogP contribution is -2.12. The first-order valence-corrected chi connectivity index (χ1v) is 9.56. The smallest absolute Gasteiger partial charge is 0.421 e. The van der Waals surface area contributed by atoms with Crippen molar-refractivity contribution < 1.29 is 17.9 Å². The number of halogens is 3. The second-order valence-corrected chi connectivity index (χ2v) is 6.93. The van der Waals surface area contributed by atoms with E-state index in [1.54, 1.807) is 36.4 Å². The zero-order valence-corrected chi connectivity index (χ0v) is 16.9. The van der Waals surface area contributed by atoms with Crippen LogP contribution in [0.15, 0.2) is 54.7 Å². The molecule has 5 nitrogen and oxygen atoms in total. The van der Waals surface area contributed by atoms with Gasteiger partial charge in [0.2, 0.25) is 5.95 Å². The maximum absolute atomic E-state index is 13.4. The molecule has 1 heterocycles. The largest absolute Gasteiger partial charge is 0.491 e. The number of anilines is 4. The Kier molecular flexibility index (Phi) is 6.44. The van der Waals surface area contributed by atoms with Crippen LogP contribution in [-0.4, -0.2) is 16.1 Å². The Bertz CT molecular complexity index is 973. The molecule has 0 bridgehead atoms. The van der Waals surface area contributed by atoms with Gasteiger partial charge in [0.05, 0.1) is 6.10 Å². The molecule has 0 saturated heterocycles. The molecule has 1 aromatic heterocycles. The highest BCUT2D eigenvalue weighted by atomic mass is 19.4. The van der Waals surface area contributed by atoms with Crippen LogP contribution in [0.25, 0.3) is 0 Å². The maximum atomic E-state index is 13.4. The normalized spacial score (nSPS) is 12.3. The summed E-state index contributed by atoms with van der Waals surface area (Å²) in [6.07, 6.45) is -2.92. The first-order valence-electron chi connectivity index (χ1n) is 9.56. The Hall–Kier alpha value is -3.29. The number of benzene rings is 2. The molecule has 3 rings (SSSR count). The summed E-state index contributed by atoms with van der Waals surface area (Å²) in [4.78, 5) is 7.87. The molecule has 0 aliphatic heterocycles. The minimum Gasteiger partial charge on any atom is -0.491 e. The van der Waals surface area contributed by atoms with Crippen LogP contribution in [0, 0.1) is 6.92 Å². The van der Waals surface area contributed by atoms with Crippen LogP contribution < -0.4 is 15.4 Å². The molecule has 0 fully saturated rings. The van der Waals surface area contributed by atoms with E-state index in [4.69, 9.17) is 4.74 Å². The van der Waals surface area contributed by atoms with Crippen LogP contribution in [0.2, 0.25) is 0 Å². The topological polar surface area (TPSA) is 59.1 Å². The number of hydrogen-bond donors (Lipinski definition) is 2. The molecule has 0 amide bonds. The molecule has 2 aromatic carbocycles. The molecule has 1 atom stereocenters. The lowest BCUT2D eigenvalue weighted by molar-refractivity contribution is -0.137. The van der Waals surface area contributed by atoms with Crippen LogP contribution in [-0.2, 0) is 6.18 Å². The zero-order valence-electron chi connectivity index (χ0n) is 16.9. The van der Waals surface area contributed by atoms with Gasteiger partial charge in [-0.25, -0.2) is 4.98 Å². The molecule has 158 valence electrons. The van der Waals surface area contributed by atoms with Gasteiger partial charge in [-0.2, -0.15) is 18.2 Å². The molecule has 0 aliphatic carbocycles. The van der Waals surface area contributed by atoms with Crippen molar-refractivity contribution in [3.63, 3.8) is 0 Å². The van der Waals surface area contributed by atoms with Crippen molar-refractivity contribution in [3.05, 3.63) is 65.9 Å². The van der Waals surface area contributed by atoms with Gasteiger partial charge in [0.1, 0.15) is 17.1 Å². The number of nitrogens with zero attached hydrogens (tertiary/aromatic N) is 2. The third-order valence-corrected chi connectivity index (χ3v) is 4.43. The number of hydrogen-bond acceptors (Lipinski definition) is 5. The Labute approximate surface area is 173 Å². The summed E-state index contributed by atoms with van der Waals surface area (Å²) in [5, 5.41) is 5.67. The van der Waals surface area contributed by atoms with E-state index in [2.05, 4.69) is 20.6 Å². The molecule has 2 N–H and O–H groups in total. The van der Waals surface area contributed by atoms with E-state index >= 15 is 0 Å². The second-order valence-electron chi connectivity index (χ2n) is 6.93. The molecule has 0 spiro atoms. The van der Waals surface area contributed by atoms with E-state index in [1.807, 2.05) is 32.9 Å². The lowest BCUT2D eigenvalue weighted by Gasteiger charge is -2.16. The molecule has 30 heavy (non-hydrogen) atoms. The van der Waals surface area contributed by atoms with Crippen molar-refractivity contribution in [1.82, 2.24) is 9.97 Å². The van der Waals surface area contributed by atoms with Crippen molar-refractivity contribution in [3.8, 4) is 5.75 Å². The summed E-state index contributed by atoms with van der Waals surface area (Å²) < 4.78 is 46.0. The van der Waals surface area contributed by atoms with Crippen molar-refractivity contribution in [2.45, 2.75) is 39.5 Å². The SMILES string of the molecule is CCC(C)Oc1ccc(Nc2nc(Nc3ccc(C)cc3)ncc2C(F)(F)F)cc1. The van der Waals surface area contributed by atoms with E-state index in [1.165, 1.54) is 0 Å². The average Bonchev–Trinajstić information content (AvgIpc) is 2.70. The van der Waals surface area contributed by atoms with Gasteiger partial charge in [0, 0.05) is 17.6 Å². The second kappa shape index (κ2) is 9.02. The molecule has 8 heteroatoms. The Morgan fingerprint density at radius 2 is 1.57 bits per heavy atom. The van der Waals surface area contributed by atoms with Gasteiger partial charge < -0.3 is 15.4 Å². The fourth-order valence-electron chi connectivity index (χ4n) is 2.58. The third-order valence-electron chi connectivity index (χ3n) is 4.43. The molecular formula is C22H23F3N4O. The van der Waals surface area contributed by atoms with E-state index in [0.29, 0.717) is 17.1 Å². The van der Waals surface area contributed by atoms with Crippen molar-refractivity contribution in [2.75, 3.05) is 10.6 Å². The maximum Gasteiger partial charge on any atom is 0.421 e. The average molecular weight is 416 g/mol. The van der Waals surface area contributed by atoms with Crippen LogP contribution in [0.1, 0.15) is 31.4 Å². The van der Waals surface area contributed by atoms with Gasteiger partial charge >= 0.3 is 6.18 Å².